The highest BCUT2D eigenvalue weighted by Gasteiger charge is 2.67. The number of amides is 1. The number of hydrogen-bond acceptors (Lipinski definition) is 8. The molecule has 5 rings (SSSR count). The molecule has 9 heteroatoms. The lowest BCUT2D eigenvalue weighted by atomic mass is 9.48. The fourth-order valence-corrected chi connectivity index (χ4v) is 10.7. The number of fused-ring (bicyclic) bond motifs is 4. The second-order valence-corrected chi connectivity index (χ2v) is 16.1. The van der Waals surface area contributed by atoms with Crippen LogP contribution < -0.4 is 5.32 Å². The lowest BCUT2D eigenvalue weighted by Gasteiger charge is -2.56. The van der Waals surface area contributed by atoms with Crippen LogP contribution in [0.5, 0.6) is 0 Å². The topological polar surface area (TPSA) is 111 Å². The van der Waals surface area contributed by atoms with Crippen LogP contribution in [-0.4, -0.2) is 73.7 Å². The van der Waals surface area contributed by atoms with E-state index in [2.05, 4.69) is 58.1 Å². The van der Waals surface area contributed by atoms with E-state index in [1.807, 2.05) is 18.2 Å². The van der Waals surface area contributed by atoms with Gasteiger partial charge >= 0.3 is 17.9 Å². The van der Waals surface area contributed by atoms with Crippen LogP contribution in [0, 0.1) is 39.9 Å². The number of hydrogen-bond donors (Lipinski definition) is 1. The molecule has 0 radical (unpaired) electrons. The molecule has 0 bridgehead atoms. The minimum atomic E-state index is -0.740. The number of carbonyl (C=O) groups excluding carboxylic acids is 4. The maximum Gasteiger partial charge on any atom is 0.303 e. The predicted octanol–water partition coefficient (Wildman–Crippen LogP) is 5.97. The third-order valence-electron chi connectivity index (χ3n) is 13.3. The molecule has 0 aromatic heterocycles. The molecule has 1 N–H and O–H groups in total. The SMILES string of the molecule is CC(=O)OC[C@@]1(C)[C@@H]2CC[C@@H]3[C@H](CC[C@]4(C)[C@@H]([C@H](C)N(C)C)[C@H](OC(C)=O)C[C@@]34C)CC2=C[C@@H](OC(C)=O)[C@@H]1NC(=O)c1ccccc1. The third kappa shape index (κ3) is 6.44. The van der Waals surface area contributed by atoms with Crippen LogP contribution in [-0.2, 0) is 28.6 Å². The Balaban J connectivity index is 1.54. The highest BCUT2D eigenvalue weighted by Crippen LogP contribution is 2.70. The number of carbonyl (C=O) groups is 4. The Morgan fingerprint density at radius 2 is 1.58 bits per heavy atom. The Hall–Kier alpha value is -3.20. The van der Waals surface area contributed by atoms with Crippen molar-refractivity contribution in [3.8, 4) is 0 Å². The number of ether oxygens (including phenoxy) is 3. The molecular formula is C39H56N2O7. The van der Waals surface area contributed by atoms with Crippen molar-refractivity contribution in [3.63, 3.8) is 0 Å². The molecule has 0 aliphatic heterocycles. The van der Waals surface area contributed by atoms with Crippen molar-refractivity contribution >= 4 is 23.8 Å². The van der Waals surface area contributed by atoms with Gasteiger partial charge in [0.05, 0.1) is 12.6 Å². The van der Waals surface area contributed by atoms with Crippen LogP contribution in [0.3, 0.4) is 0 Å². The van der Waals surface area contributed by atoms with Crippen LogP contribution in [0.25, 0.3) is 0 Å². The fraction of sp³-hybridized carbons (Fsp3) is 0.692. The minimum Gasteiger partial charge on any atom is -0.465 e. The van der Waals surface area contributed by atoms with Gasteiger partial charge in [-0.05, 0) is 106 Å². The molecule has 4 aliphatic rings. The van der Waals surface area contributed by atoms with Crippen LogP contribution in [0.2, 0.25) is 0 Å². The summed E-state index contributed by atoms with van der Waals surface area (Å²) >= 11 is 0. The van der Waals surface area contributed by atoms with Crippen LogP contribution in [0.15, 0.2) is 42.0 Å². The molecule has 3 fully saturated rings. The number of esters is 3. The van der Waals surface area contributed by atoms with Crippen LogP contribution >= 0.6 is 0 Å². The molecule has 11 atom stereocenters. The normalized spacial score (nSPS) is 37.9. The maximum atomic E-state index is 13.6. The van der Waals surface area contributed by atoms with E-state index in [-0.39, 0.29) is 53.3 Å². The molecular weight excluding hydrogens is 608 g/mol. The van der Waals surface area contributed by atoms with Crippen molar-refractivity contribution in [3.05, 3.63) is 47.5 Å². The standard InChI is InChI=1S/C39H56N2O7/c1-23(41(8)9)34-33(48-26(4)44)21-39(7)31-16-15-30-29(19-28(31)17-18-38(34,39)6)20-32(47-25(3)43)35(37(30,5)22-46-24(2)42)40-36(45)27-13-11-10-12-14-27/h10-14,20,23,28,30-35H,15-19,21-22H2,1-9H3,(H,40,45)/t23-,28+,30+,31+,32+,33+,34-,35-,37-,38+,39-/m0/s1. The van der Waals surface area contributed by atoms with E-state index in [9.17, 15) is 19.2 Å². The van der Waals surface area contributed by atoms with Gasteiger partial charge in [0, 0.05) is 43.7 Å². The monoisotopic (exact) mass is 664 g/mol. The lowest BCUT2D eigenvalue weighted by Crippen LogP contribution is -2.61. The molecule has 3 saturated carbocycles. The van der Waals surface area contributed by atoms with E-state index >= 15 is 0 Å². The molecule has 9 nitrogen and oxygen atoms in total. The van der Waals surface area contributed by atoms with E-state index in [1.165, 1.54) is 26.3 Å². The second-order valence-electron chi connectivity index (χ2n) is 16.1. The number of benzene rings is 1. The smallest absolute Gasteiger partial charge is 0.303 e. The summed E-state index contributed by atoms with van der Waals surface area (Å²) in [5.41, 5.74) is 0.883. The van der Waals surface area contributed by atoms with E-state index in [4.69, 9.17) is 14.2 Å². The van der Waals surface area contributed by atoms with Crippen LogP contribution in [0.1, 0.15) is 97.3 Å². The quantitative estimate of drug-likeness (QED) is 0.206. The Morgan fingerprint density at radius 1 is 0.917 bits per heavy atom. The van der Waals surface area contributed by atoms with Crippen molar-refractivity contribution in [2.75, 3.05) is 20.7 Å². The summed E-state index contributed by atoms with van der Waals surface area (Å²) < 4.78 is 17.9. The van der Waals surface area contributed by atoms with Crippen molar-refractivity contribution in [2.45, 2.75) is 111 Å². The van der Waals surface area contributed by atoms with Gasteiger partial charge in [0.2, 0.25) is 0 Å². The number of nitrogens with one attached hydrogen (secondary N) is 1. The average Bonchev–Trinajstić information content (AvgIpc) is 3.11. The van der Waals surface area contributed by atoms with Gasteiger partial charge in [-0.15, -0.1) is 0 Å². The molecule has 1 aromatic carbocycles. The number of rotatable bonds is 8. The van der Waals surface area contributed by atoms with Gasteiger partial charge in [-0.3, -0.25) is 19.2 Å². The van der Waals surface area contributed by atoms with E-state index in [1.54, 1.807) is 12.1 Å². The van der Waals surface area contributed by atoms with Gasteiger partial charge < -0.3 is 24.4 Å². The van der Waals surface area contributed by atoms with Crippen LogP contribution in [0.4, 0.5) is 0 Å². The molecule has 1 aromatic rings. The first-order valence-corrected chi connectivity index (χ1v) is 17.7. The van der Waals surface area contributed by atoms with Gasteiger partial charge in [-0.25, -0.2) is 0 Å². The van der Waals surface area contributed by atoms with Gasteiger partial charge in [0.15, 0.2) is 0 Å². The lowest BCUT2D eigenvalue weighted by molar-refractivity contribution is -0.154. The Labute approximate surface area is 286 Å². The fourth-order valence-electron chi connectivity index (χ4n) is 10.7. The molecule has 48 heavy (non-hydrogen) atoms. The average molecular weight is 665 g/mol. The summed E-state index contributed by atoms with van der Waals surface area (Å²) in [6.07, 6.45) is 6.78. The summed E-state index contributed by atoms with van der Waals surface area (Å²) in [6, 6.07) is 8.62. The first-order chi connectivity index (χ1) is 22.5. The molecule has 1 amide bonds. The summed E-state index contributed by atoms with van der Waals surface area (Å²) in [7, 11) is 4.22. The highest BCUT2D eigenvalue weighted by atomic mass is 16.6. The first kappa shape index (κ1) is 36.1. The first-order valence-electron chi connectivity index (χ1n) is 17.7. The van der Waals surface area contributed by atoms with Crippen molar-refractivity contribution in [1.82, 2.24) is 10.2 Å². The van der Waals surface area contributed by atoms with Gasteiger partial charge in [0.1, 0.15) is 12.2 Å². The zero-order valence-electron chi connectivity index (χ0n) is 30.3. The van der Waals surface area contributed by atoms with Crippen molar-refractivity contribution in [1.29, 1.82) is 0 Å². The summed E-state index contributed by atoms with van der Waals surface area (Å²) in [6.45, 7) is 13.6. The van der Waals surface area contributed by atoms with Gasteiger partial charge in [0.25, 0.3) is 5.91 Å². The molecule has 0 spiro atoms. The predicted molar refractivity (Wildman–Crippen MR) is 183 cm³/mol. The highest BCUT2D eigenvalue weighted by molar-refractivity contribution is 5.94. The Bertz CT molecular complexity index is 1430. The maximum absolute atomic E-state index is 13.6. The minimum absolute atomic E-state index is 0.00708. The largest absolute Gasteiger partial charge is 0.465 e. The van der Waals surface area contributed by atoms with Crippen molar-refractivity contribution < 1.29 is 33.4 Å². The second kappa shape index (κ2) is 13.6. The summed E-state index contributed by atoms with van der Waals surface area (Å²) in [5, 5.41) is 3.22. The molecule has 0 saturated heterocycles. The van der Waals surface area contributed by atoms with Gasteiger partial charge in [-0.2, -0.15) is 0 Å². The summed E-state index contributed by atoms with van der Waals surface area (Å²) in [4.78, 5) is 53.1. The molecule has 0 unspecified atom stereocenters. The van der Waals surface area contributed by atoms with Crippen molar-refractivity contribution in [2.24, 2.45) is 39.9 Å². The Morgan fingerprint density at radius 3 is 2.19 bits per heavy atom. The van der Waals surface area contributed by atoms with E-state index in [0.29, 0.717) is 17.4 Å². The Kier molecular flexibility index (Phi) is 10.2. The van der Waals surface area contributed by atoms with E-state index < -0.39 is 29.5 Å². The van der Waals surface area contributed by atoms with Gasteiger partial charge in [-0.1, -0.05) is 44.5 Å². The third-order valence-corrected chi connectivity index (χ3v) is 13.3. The number of nitrogens with zero attached hydrogens (tertiary/aromatic N) is 1. The molecule has 0 heterocycles. The van der Waals surface area contributed by atoms with E-state index in [0.717, 1.165) is 38.5 Å². The molecule has 4 aliphatic carbocycles. The zero-order valence-corrected chi connectivity index (χ0v) is 30.3. The summed E-state index contributed by atoms with van der Waals surface area (Å²) in [5.74, 6) is -0.340. The number of allylic oxidation sites excluding steroid dienone is 1. The molecule has 264 valence electrons. The zero-order chi connectivity index (χ0) is 35.2.